The van der Waals surface area contributed by atoms with E-state index in [1.165, 1.54) is 27.9 Å². The Bertz CT molecular complexity index is 1030. The summed E-state index contributed by atoms with van der Waals surface area (Å²) in [5, 5.41) is 3.80. The Balaban J connectivity index is 1.87. The van der Waals surface area contributed by atoms with Gasteiger partial charge in [-0.2, -0.15) is 0 Å². The molecule has 150 valence electrons. The lowest BCUT2D eigenvalue weighted by Crippen LogP contribution is -2.18. The maximum Gasteiger partial charge on any atom is 0.0622 e. The third-order valence-corrected chi connectivity index (χ3v) is 5.37. The normalized spacial score (nSPS) is 10.6. The van der Waals surface area contributed by atoms with Crippen LogP contribution in [-0.2, 0) is 0 Å². The molecular weight excluding hydrogens is 364 g/mol. The van der Waals surface area contributed by atoms with Crippen LogP contribution in [0.15, 0.2) is 103 Å². The van der Waals surface area contributed by atoms with Gasteiger partial charge in [-0.25, -0.2) is 0 Å². The lowest BCUT2D eigenvalue weighted by molar-refractivity contribution is 0.853. The van der Waals surface area contributed by atoms with Crippen LogP contribution < -0.4 is 10.2 Å². The topological polar surface area (TPSA) is 15.3 Å². The molecule has 0 saturated carbocycles. The average Bonchev–Trinajstić information content (AvgIpc) is 2.81. The van der Waals surface area contributed by atoms with Crippen LogP contribution in [0, 0.1) is 0 Å². The smallest absolute Gasteiger partial charge is 0.0622 e. The highest BCUT2D eigenvalue weighted by atomic mass is 15.1. The van der Waals surface area contributed by atoms with Crippen molar-refractivity contribution < 1.29 is 0 Å². The molecule has 4 aromatic rings. The zero-order valence-corrected chi connectivity index (χ0v) is 17.7. The second kappa shape index (κ2) is 9.32. The van der Waals surface area contributed by atoms with Gasteiger partial charge in [-0.3, -0.25) is 0 Å². The van der Waals surface area contributed by atoms with E-state index in [0.717, 1.165) is 24.3 Å². The molecule has 0 saturated heterocycles. The van der Waals surface area contributed by atoms with Crippen molar-refractivity contribution in [3.8, 4) is 22.3 Å². The lowest BCUT2D eigenvalue weighted by atomic mass is 9.95. The van der Waals surface area contributed by atoms with E-state index < -0.39 is 0 Å². The molecule has 2 nitrogen and oxygen atoms in total. The number of hydrogen-bond donors (Lipinski definition) is 1. The van der Waals surface area contributed by atoms with Gasteiger partial charge < -0.3 is 10.2 Å². The van der Waals surface area contributed by atoms with Gasteiger partial charge in [0.15, 0.2) is 0 Å². The molecule has 0 heterocycles. The third kappa shape index (κ3) is 4.23. The summed E-state index contributed by atoms with van der Waals surface area (Å²) in [6.45, 7) is 3.23. The third-order valence-electron chi connectivity index (χ3n) is 5.37. The van der Waals surface area contributed by atoms with E-state index in [1.807, 2.05) is 0 Å². The fraction of sp³-hybridized carbons (Fsp3) is 0.143. The predicted octanol–water partition coefficient (Wildman–Crippen LogP) is 7.61. The van der Waals surface area contributed by atoms with E-state index in [0.29, 0.717) is 0 Å². The molecule has 2 heteroatoms. The fourth-order valence-electron chi connectivity index (χ4n) is 3.91. The van der Waals surface area contributed by atoms with Gasteiger partial charge in [-0.1, -0.05) is 97.9 Å². The van der Waals surface area contributed by atoms with E-state index in [1.54, 1.807) is 0 Å². The number of hydrogen-bond acceptors (Lipinski definition) is 2. The van der Waals surface area contributed by atoms with Crippen LogP contribution >= 0.6 is 0 Å². The van der Waals surface area contributed by atoms with Crippen LogP contribution in [0.5, 0.6) is 0 Å². The molecule has 4 aromatic carbocycles. The van der Waals surface area contributed by atoms with Crippen LogP contribution in [0.25, 0.3) is 22.3 Å². The molecule has 0 spiro atoms. The molecule has 0 aliphatic heterocycles. The summed E-state index contributed by atoms with van der Waals surface area (Å²) in [6, 6.07) is 36.3. The minimum Gasteiger partial charge on any atom is -0.373 e. The first kappa shape index (κ1) is 19.8. The lowest BCUT2D eigenvalue weighted by Gasteiger charge is -2.24. The van der Waals surface area contributed by atoms with Crippen molar-refractivity contribution in [3.05, 3.63) is 103 Å². The Labute approximate surface area is 179 Å². The molecular formula is C28H28N2. The van der Waals surface area contributed by atoms with Gasteiger partial charge in [0.2, 0.25) is 0 Å². The minimum absolute atomic E-state index is 1.02. The summed E-state index contributed by atoms with van der Waals surface area (Å²) in [6.07, 6.45) is 1.11. The molecule has 0 radical (unpaired) electrons. The molecule has 0 aromatic heterocycles. The molecule has 30 heavy (non-hydrogen) atoms. The van der Waals surface area contributed by atoms with Crippen molar-refractivity contribution in [3.63, 3.8) is 0 Å². The molecule has 4 rings (SSSR count). The first-order valence-electron chi connectivity index (χ1n) is 10.6. The summed E-state index contributed by atoms with van der Waals surface area (Å²) in [4.78, 5) is 2.32. The van der Waals surface area contributed by atoms with Crippen LogP contribution in [0.4, 0.5) is 17.1 Å². The van der Waals surface area contributed by atoms with Crippen molar-refractivity contribution in [1.29, 1.82) is 0 Å². The molecule has 0 atom stereocenters. The Morgan fingerprint density at radius 1 is 0.633 bits per heavy atom. The molecule has 0 amide bonds. The molecule has 0 fully saturated rings. The number of rotatable bonds is 7. The second-order valence-corrected chi connectivity index (χ2v) is 7.52. The van der Waals surface area contributed by atoms with Crippen molar-refractivity contribution in [2.45, 2.75) is 13.3 Å². The van der Waals surface area contributed by atoms with Crippen molar-refractivity contribution in [2.24, 2.45) is 0 Å². The fourth-order valence-corrected chi connectivity index (χ4v) is 3.91. The van der Waals surface area contributed by atoms with Gasteiger partial charge in [0.1, 0.15) is 0 Å². The highest BCUT2D eigenvalue weighted by molar-refractivity contribution is 5.94. The van der Waals surface area contributed by atoms with E-state index in [4.69, 9.17) is 0 Å². The van der Waals surface area contributed by atoms with Crippen LogP contribution in [0.2, 0.25) is 0 Å². The molecule has 0 bridgehead atoms. The Kier molecular flexibility index (Phi) is 6.14. The Morgan fingerprint density at radius 2 is 1.17 bits per heavy atom. The Hall–Kier alpha value is -3.52. The van der Waals surface area contributed by atoms with Crippen molar-refractivity contribution in [2.75, 3.05) is 23.8 Å². The highest BCUT2D eigenvalue weighted by Crippen LogP contribution is 2.40. The molecule has 1 N–H and O–H groups in total. The summed E-state index contributed by atoms with van der Waals surface area (Å²) < 4.78 is 0. The highest BCUT2D eigenvalue weighted by Gasteiger charge is 2.14. The van der Waals surface area contributed by atoms with Gasteiger partial charge in [0.25, 0.3) is 0 Å². The number of para-hydroxylation sites is 3. The number of anilines is 3. The number of nitrogens with zero attached hydrogens (tertiary/aromatic N) is 1. The largest absolute Gasteiger partial charge is 0.373 e. The quantitative estimate of drug-likeness (QED) is 0.348. The van der Waals surface area contributed by atoms with E-state index in [2.05, 4.69) is 127 Å². The van der Waals surface area contributed by atoms with Crippen LogP contribution in [0.1, 0.15) is 13.3 Å². The zero-order valence-electron chi connectivity index (χ0n) is 17.7. The summed E-state index contributed by atoms with van der Waals surface area (Å²) in [7, 11) is 2.16. The molecule has 0 unspecified atom stereocenters. The number of benzene rings is 4. The van der Waals surface area contributed by atoms with Gasteiger partial charge >= 0.3 is 0 Å². The van der Waals surface area contributed by atoms with E-state index in [9.17, 15) is 0 Å². The second-order valence-electron chi connectivity index (χ2n) is 7.52. The first-order valence-corrected chi connectivity index (χ1v) is 10.6. The standard InChI is InChI=1S/C28H28N2/c1-3-21-30(2)27-20-11-10-19-26(27)29-28-24(22-13-6-4-7-14-22)17-12-18-25(28)23-15-8-5-9-16-23/h4-20,29H,3,21H2,1-2H3. The minimum atomic E-state index is 1.02. The first-order chi connectivity index (χ1) is 14.8. The van der Waals surface area contributed by atoms with Gasteiger partial charge in [-0.05, 0) is 29.7 Å². The van der Waals surface area contributed by atoms with Gasteiger partial charge in [0.05, 0.1) is 17.1 Å². The van der Waals surface area contributed by atoms with Gasteiger partial charge in [0, 0.05) is 24.7 Å². The molecule has 0 aliphatic carbocycles. The van der Waals surface area contributed by atoms with Gasteiger partial charge in [-0.15, -0.1) is 0 Å². The predicted molar refractivity (Wildman–Crippen MR) is 131 cm³/mol. The maximum atomic E-state index is 3.80. The van der Waals surface area contributed by atoms with Crippen molar-refractivity contribution >= 4 is 17.1 Å². The Morgan fingerprint density at radius 3 is 1.73 bits per heavy atom. The van der Waals surface area contributed by atoms with Crippen LogP contribution in [-0.4, -0.2) is 13.6 Å². The summed E-state index contributed by atoms with van der Waals surface area (Å²) in [5.41, 5.74) is 8.27. The summed E-state index contributed by atoms with van der Waals surface area (Å²) in [5.74, 6) is 0. The van der Waals surface area contributed by atoms with E-state index in [-0.39, 0.29) is 0 Å². The monoisotopic (exact) mass is 392 g/mol. The summed E-state index contributed by atoms with van der Waals surface area (Å²) >= 11 is 0. The van der Waals surface area contributed by atoms with Crippen molar-refractivity contribution in [1.82, 2.24) is 0 Å². The average molecular weight is 393 g/mol. The molecule has 0 aliphatic rings. The number of nitrogens with one attached hydrogen (secondary N) is 1. The van der Waals surface area contributed by atoms with Crippen LogP contribution in [0.3, 0.4) is 0 Å². The van der Waals surface area contributed by atoms with E-state index >= 15 is 0 Å². The maximum absolute atomic E-state index is 3.80. The SMILES string of the molecule is CCCN(C)c1ccccc1Nc1c(-c2ccccc2)cccc1-c1ccccc1. The zero-order chi connectivity index (χ0) is 20.8.